The number of carbonyl (C=O) groups excluding carboxylic acids is 1. The van der Waals surface area contributed by atoms with E-state index in [1.54, 1.807) is 32.3 Å². The van der Waals surface area contributed by atoms with E-state index in [0.717, 1.165) is 21.5 Å². The van der Waals surface area contributed by atoms with Crippen molar-refractivity contribution in [1.29, 1.82) is 0 Å². The van der Waals surface area contributed by atoms with Gasteiger partial charge in [0.15, 0.2) is 5.13 Å². The molecule has 0 saturated carbocycles. The number of ether oxygens (including phenoxy) is 2. The molecule has 2 heterocycles. The fourth-order valence-corrected chi connectivity index (χ4v) is 3.86. The second-order valence-electron chi connectivity index (χ2n) is 7.73. The molecule has 0 amide bonds. The summed E-state index contributed by atoms with van der Waals surface area (Å²) in [5.41, 5.74) is 2.14. The number of aromatic nitrogens is 3. The summed E-state index contributed by atoms with van der Waals surface area (Å²) in [5.74, 6) is -0.692. The van der Waals surface area contributed by atoms with Crippen LogP contribution in [-0.2, 0) is 9.53 Å². The van der Waals surface area contributed by atoms with E-state index in [0.29, 0.717) is 10.6 Å². The first kappa shape index (κ1) is 21.6. The zero-order chi connectivity index (χ0) is 22.7. The topological polar surface area (TPSA) is 86.2 Å². The fraction of sp³-hybridized carbons (Fsp3) is 0.217. The molecule has 2 aromatic heterocycles. The number of fused-ring (bicyclic) bond motifs is 1. The van der Waals surface area contributed by atoms with Gasteiger partial charge in [0.2, 0.25) is 0 Å². The van der Waals surface area contributed by atoms with Crippen LogP contribution in [0.15, 0.2) is 54.9 Å². The van der Waals surface area contributed by atoms with Crippen LogP contribution in [0, 0.1) is 11.2 Å². The number of anilines is 2. The second kappa shape index (κ2) is 8.88. The summed E-state index contributed by atoms with van der Waals surface area (Å²) in [6, 6.07) is 12.8. The van der Waals surface area contributed by atoms with E-state index in [-0.39, 0.29) is 24.4 Å². The minimum atomic E-state index is -0.797. The Morgan fingerprint density at radius 3 is 2.47 bits per heavy atom. The quantitative estimate of drug-likeness (QED) is 0.385. The van der Waals surface area contributed by atoms with E-state index in [1.807, 2.05) is 30.3 Å². The lowest BCUT2D eigenvalue weighted by atomic mass is 9.95. The zero-order valence-electron chi connectivity index (χ0n) is 17.8. The third kappa shape index (κ3) is 4.67. The van der Waals surface area contributed by atoms with Crippen LogP contribution in [0.5, 0.6) is 6.01 Å². The Morgan fingerprint density at radius 2 is 1.81 bits per heavy atom. The van der Waals surface area contributed by atoms with Crippen molar-refractivity contribution >= 4 is 38.3 Å². The molecule has 0 saturated heterocycles. The van der Waals surface area contributed by atoms with Crippen molar-refractivity contribution in [2.75, 3.05) is 19.0 Å². The highest BCUT2D eigenvalue weighted by atomic mass is 32.1. The van der Waals surface area contributed by atoms with Crippen LogP contribution >= 0.6 is 11.3 Å². The molecule has 32 heavy (non-hydrogen) atoms. The van der Waals surface area contributed by atoms with Gasteiger partial charge in [0.1, 0.15) is 17.9 Å². The Labute approximate surface area is 188 Å². The Balaban J connectivity index is 1.41. The van der Waals surface area contributed by atoms with Crippen LogP contribution < -0.4 is 10.1 Å². The second-order valence-corrected chi connectivity index (χ2v) is 8.76. The van der Waals surface area contributed by atoms with Crippen molar-refractivity contribution in [3.63, 3.8) is 0 Å². The standard InChI is InChI=1S/C23H21FN4O3S/c1-23(2,20(29)30-3)13-31-21-25-11-15(12-26-21)14-7-9-16(10-8-14)27-22-28-19-17(24)5-4-6-18(19)32-22/h4-12H,13H2,1-3H3,(H,27,28). The Kier molecular flexibility index (Phi) is 6.00. The minimum absolute atomic E-state index is 0.106. The molecular formula is C23H21FN4O3S. The van der Waals surface area contributed by atoms with Crippen molar-refractivity contribution in [3.8, 4) is 17.1 Å². The number of halogens is 1. The third-order valence-corrected chi connectivity index (χ3v) is 5.70. The molecule has 4 rings (SSSR count). The van der Waals surface area contributed by atoms with Gasteiger partial charge >= 0.3 is 12.0 Å². The van der Waals surface area contributed by atoms with Gasteiger partial charge in [0.25, 0.3) is 0 Å². The van der Waals surface area contributed by atoms with Crippen LogP contribution in [0.2, 0.25) is 0 Å². The SMILES string of the molecule is COC(=O)C(C)(C)COc1ncc(-c2ccc(Nc3nc4c(F)cccc4s3)cc2)cn1. The molecule has 0 aliphatic carbocycles. The lowest BCUT2D eigenvalue weighted by molar-refractivity contribution is -0.152. The van der Waals surface area contributed by atoms with Crippen LogP contribution in [0.1, 0.15) is 13.8 Å². The third-order valence-electron chi connectivity index (χ3n) is 4.77. The normalized spacial score (nSPS) is 11.4. The molecule has 0 aliphatic rings. The molecule has 0 atom stereocenters. The van der Waals surface area contributed by atoms with E-state index < -0.39 is 5.41 Å². The van der Waals surface area contributed by atoms with Gasteiger partial charge in [-0.15, -0.1) is 0 Å². The molecule has 0 unspecified atom stereocenters. The molecule has 7 nitrogen and oxygen atoms in total. The van der Waals surface area contributed by atoms with Crippen molar-refractivity contribution in [2.24, 2.45) is 5.41 Å². The first-order chi connectivity index (χ1) is 15.4. The van der Waals surface area contributed by atoms with Crippen molar-refractivity contribution < 1.29 is 18.7 Å². The maximum absolute atomic E-state index is 13.8. The molecule has 164 valence electrons. The van der Waals surface area contributed by atoms with Crippen LogP contribution in [-0.4, -0.2) is 34.6 Å². The number of benzene rings is 2. The number of nitrogens with zero attached hydrogens (tertiary/aromatic N) is 3. The molecule has 0 aliphatic heterocycles. The maximum Gasteiger partial charge on any atom is 0.316 e. The average Bonchev–Trinajstić information content (AvgIpc) is 3.22. The highest BCUT2D eigenvalue weighted by Crippen LogP contribution is 2.30. The average molecular weight is 453 g/mol. The smallest absolute Gasteiger partial charge is 0.316 e. The van der Waals surface area contributed by atoms with Gasteiger partial charge in [-0.25, -0.2) is 19.3 Å². The summed E-state index contributed by atoms with van der Waals surface area (Å²) < 4.78 is 24.9. The monoisotopic (exact) mass is 452 g/mol. The van der Waals surface area contributed by atoms with Crippen LogP contribution in [0.4, 0.5) is 15.2 Å². The number of hydrogen-bond donors (Lipinski definition) is 1. The van der Waals surface area contributed by atoms with E-state index in [9.17, 15) is 9.18 Å². The van der Waals surface area contributed by atoms with E-state index in [2.05, 4.69) is 20.3 Å². The van der Waals surface area contributed by atoms with E-state index in [1.165, 1.54) is 24.5 Å². The number of esters is 1. The summed E-state index contributed by atoms with van der Waals surface area (Å²) in [6.07, 6.45) is 3.32. The summed E-state index contributed by atoms with van der Waals surface area (Å²) in [7, 11) is 1.34. The predicted octanol–water partition coefficient (Wildman–Crippen LogP) is 5.21. The molecule has 4 aromatic rings. The number of carbonyl (C=O) groups is 1. The van der Waals surface area contributed by atoms with Gasteiger partial charge in [0, 0.05) is 23.6 Å². The molecule has 9 heteroatoms. The number of para-hydroxylation sites is 1. The number of thiazole rings is 1. The van der Waals surface area contributed by atoms with E-state index in [4.69, 9.17) is 9.47 Å². The molecule has 1 N–H and O–H groups in total. The first-order valence-electron chi connectivity index (χ1n) is 9.81. The Bertz CT molecular complexity index is 1240. The maximum atomic E-state index is 13.8. The minimum Gasteiger partial charge on any atom is -0.469 e. The lowest BCUT2D eigenvalue weighted by Crippen LogP contribution is -2.32. The van der Waals surface area contributed by atoms with E-state index >= 15 is 0 Å². The molecule has 0 bridgehead atoms. The lowest BCUT2D eigenvalue weighted by Gasteiger charge is -2.20. The van der Waals surface area contributed by atoms with Gasteiger partial charge < -0.3 is 14.8 Å². The summed E-state index contributed by atoms with van der Waals surface area (Å²) in [4.78, 5) is 24.5. The number of rotatable bonds is 7. The Morgan fingerprint density at radius 1 is 1.09 bits per heavy atom. The summed E-state index contributed by atoms with van der Waals surface area (Å²) in [6.45, 7) is 3.57. The molecule has 0 spiro atoms. The van der Waals surface area contributed by atoms with Gasteiger partial charge in [-0.05, 0) is 43.7 Å². The summed E-state index contributed by atoms with van der Waals surface area (Å²) >= 11 is 1.39. The van der Waals surface area contributed by atoms with Crippen molar-refractivity contribution in [3.05, 3.63) is 60.7 Å². The first-order valence-corrected chi connectivity index (χ1v) is 10.6. The highest BCUT2D eigenvalue weighted by molar-refractivity contribution is 7.22. The van der Waals surface area contributed by atoms with Gasteiger partial charge in [-0.1, -0.05) is 29.5 Å². The number of methoxy groups -OCH3 is 1. The van der Waals surface area contributed by atoms with Crippen LogP contribution in [0.3, 0.4) is 0 Å². The number of hydrogen-bond acceptors (Lipinski definition) is 8. The van der Waals surface area contributed by atoms with Gasteiger partial charge in [-0.2, -0.15) is 0 Å². The largest absolute Gasteiger partial charge is 0.469 e. The Hall–Kier alpha value is -3.59. The molecule has 0 fully saturated rings. The molecule has 0 radical (unpaired) electrons. The predicted molar refractivity (Wildman–Crippen MR) is 122 cm³/mol. The van der Waals surface area contributed by atoms with Crippen molar-refractivity contribution in [2.45, 2.75) is 13.8 Å². The van der Waals surface area contributed by atoms with Crippen LogP contribution in [0.25, 0.3) is 21.3 Å². The summed E-state index contributed by atoms with van der Waals surface area (Å²) in [5, 5.41) is 3.83. The highest BCUT2D eigenvalue weighted by Gasteiger charge is 2.30. The number of nitrogens with one attached hydrogen (secondary N) is 1. The van der Waals surface area contributed by atoms with Gasteiger partial charge in [-0.3, -0.25) is 4.79 Å². The fourth-order valence-electron chi connectivity index (χ4n) is 2.96. The van der Waals surface area contributed by atoms with Crippen molar-refractivity contribution in [1.82, 2.24) is 15.0 Å². The molecule has 2 aromatic carbocycles. The molecular weight excluding hydrogens is 431 g/mol. The zero-order valence-corrected chi connectivity index (χ0v) is 18.6. The van der Waals surface area contributed by atoms with Gasteiger partial charge in [0.05, 0.1) is 17.2 Å².